The second kappa shape index (κ2) is 7.12. The molecule has 1 amide bonds. The van der Waals surface area contributed by atoms with E-state index >= 15 is 0 Å². The summed E-state index contributed by atoms with van der Waals surface area (Å²) in [6, 6.07) is 6.52. The molecule has 3 rings (SSSR count). The van der Waals surface area contributed by atoms with Crippen LogP contribution >= 0.6 is 11.3 Å². The standard InChI is InChI=1S/C17H19N5O3S2/c1-11-14(15-18-9-10-21(15)2)26-17(19-11)20-16(23)12-7-5-6-8-13(12)22(3)27(4,24)25/h5-10H,1-4H3,(H,19,20,23). The van der Waals surface area contributed by atoms with Crippen molar-refractivity contribution in [3.8, 4) is 10.7 Å². The first kappa shape index (κ1) is 19.1. The maximum absolute atomic E-state index is 12.8. The number of nitrogens with one attached hydrogen (secondary N) is 1. The van der Waals surface area contributed by atoms with E-state index in [1.165, 1.54) is 18.4 Å². The first-order valence-corrected chi connectivity index (χ1v) is 10.6. The fourth-order valence-electron chi connectivity index (χ4n) is 2.53. The molecule has 10 heteroatoms. The number of sulfonamides is 1. The zero-order valence-electron chi connectivity index (χ0n) is 15.3. The van der Waals surface area contributed by atoms with Crippen molar-refractivity contribution in [3.63, 3.8) is 0 Å². The lowest BCUT2D eigenvalue weighted by molar-refractivity contribution is 0.102. The molecule has 0 atom stereocenters. The smallest absolute Gasteiger partial charge is 0.259 e. The Balaban J connectivity index is 1.91. The first-order valence-electron chi connectivity index (χ1n) is 7.98. The minimum absolute atomic E-state index is 0.247. The van der Waals surface area contributed by atoms with Gasteiger partial charge in [0.1, 0.15) is 0 Å². The lowest BCUT2D eigenvalue weighted by Crippen LogP contribution is -2.27. The Morgan fingerprint density at radius 1 is 1.30 bits per heavy atom. The van der Waals surface area contributed by atoms with Crippen LogP contribution < -0.4 is 9.62 Å². The number of hydrogen-bond acceptors (Lipinski definition) is 6. The van der Waals surface area contributed by atoms with Gasteiger partial charge in [0.05, 0.1) is 28.1 Å². The molecule has 1 aromatic carbocycles. The molecular formula is C17H19N5O3S2. The van der Waals surface area contributed by atoms with Crippen molar-refractivity contribution in [2.45, 2.75) is 6.92 Å². The third-order valence-corrected chi connectivity index (χ3v) is 6.29. The van der Waals surface area contributed by atoms with Gasteiger partial charge in [0.25, 0.3) is 5.91 Å². The number of aryl methyl sites for hydroxylation is 2. The zero-order chi connectivity index (χ0) is 19.8. The van der Waals surface area contributed by atoms with Crippen LogP contribution in [0.1, 0.15) is 16.1 Å². The molecule has 142 valence electrons. The van der Waals surface area contributed by atoms with E-state index in [4.69, 9.17) is 0 Å². The monoisotopic (exact) mass is 405 g/mol. The van der Waals surface area contributed by atoms with Gasteiger partial charge in [-0.3, -0.25) is 14.4 Å². The number of benzene rings is 1. The number of carbonyl (C=O) groups is 1. The summed E-state index contributed by atoms with van der Waals surface area (Å²) in [6.45, 7) is 1.85. The molecular weight excluding hydrogens is 386 g/mol. The highest BCUT2D eigenvalue weighted by Gasteiger charge is 2.21. The van der Waals surface area contributed by atoms with Crippen molar-refractivity contribution in [2.75, 3.05) is 22.9 Å². The maximum Gasteiger partial charge on any atom is 0.259 e. The van der Waals surface area contributed by atoms with Gasteiger partial charge in [-0.15, -0.1) is 0 Å². The summed E-state index contributed by atoms with van der Waals surface area (Å²) in [5.74, 6) is 0.337. The molecule has 0 unspecified atom stereocenters. The fourth-order valence-corrected chi connectivity index (χ4v) is 4.04. The molecule has 2 aromatic heterocycles. The Morgan fingerprint density at radius 3 is 2.63 bits per heavy atom. The topological polar surface area (TPSA) is 97.2 Å². The summed E-state index contributed by atoms with van der Waals surface area (Å²) >= 11 is 1.32. The van der Waals surface area contributed by atoms with Crippen LogP contribution in [0.2, 0.25) is 0 Å². The van der Waals surface area contributed by atoms with Crippen LogP contribution in [0.3, 0.4) is 0 Å². The number of carbonyl (C=O) groups excluding carboxylic acids is 1. The van der Waals surface area contributed by atoms with Gasteiger partial charge in [0, 0.05) is 26.5 Å². The molecule has 3 aromatic rings. The van der Waals surface area contributed by atoms with Crippen LogP contribution in [-0.4, -0.2) is 42.2 Å². The van der Waals surface area contributed by atoms with Crippen molar-refractivity contribution in [1.29, 1.82) is 0 Å². The van der Waals surface area contributed by atoms with E-state index in [2.05, 4.69) is 15.3 Å². The van der Waals surface area contributed by atoms with Gasteiger partial charge >= 0.3 is 0 Å². The van der Waals surface area contributed by atoms with Gasteiger partial charge in [-0.05, 0) is 19.1 Å². The third kappa shape index (κ3) is 3.86. The molecule has 0 aliphatic carbocycles. The number of rotatable bonds is 5. The summed E-state index contributed by atoms with van der Waals surface area (Å²) in [6.07, 6.45) is 4.62. The van der Waals surface area contributed by atoms with Crippen LogP contribution in [0.5, 0.6) is 0 Å². The lowest BCUT2D eigenvalue weighted by Gasteiger charge is -2.19. The van der Waals surface area contributed by atoms with Crippen LogP contribution in [0.25, 0.3) is 10.7 Å². The second-order valence-corrected chi connectivity index (χ2v) is 9.01. The lowest BCUT2D eigenvalue weighted by atomic mass is 10.1. The number of para-hydroxylation sites is 1. The molecule has 0 spiro atoms. The average Bonchev–Trinajstić information content (AvgIpc) is 3.18. The highest BCUT2D eigenvalue weighted by Crippen LogP contribution is 2.32. The molecule has 0 aliphatic rings. The van der Waals surface area contributed by atoms with Crippen LogP contribution in [0.4, 0.5) is 10.8 Å². The number of hydrogen-bond donors (Lipinski definition) is 1. The third-order valence-electron chi connectivity index (χ3n) is 4.03. The van der Waals surface area contributed by atoms with E-state index in [1.807, 2.05) is 24.7 Å². The molecule has 0 fully saturated rings. The highest BCUT2D eigenvalue weighted by atomic mass is 32.2. The van der Waals surface area contributed by atoms with Crippen LogP contribution in [-0.2, 0) is 17.1 Å². The molecule has 1 N–H and O–H groups in total. The molecule has 27 heavy (non-hydrogen) atoms. The average molecular weight is 406 g/mol. The fraction of sp³-hybridized carbons (Fsp3) is 0.235. The molecule has 0 saturated carbocycles. The molecule has 2 heterocycles. The largest absolute Gasteiger partial charge is 0.333 e. The number of nitrogens with zero attached hydrogens (tertiary/aromatic N) is 4. The predicted octanol–water partition coefficient (Wildman–Crippen LogP) is 2.50. The number of imidazole rings is 1. The minimum Gasteiger partial charge on any atom is -0.333 e. The molecule has 8 nitrogen and oxygen atoms in total. The molecule has 0 radical (unpaired) electrons. The SMILES string of the molecule is Cc1nc(NC(=O)c2ccccc2N(C)S(C)(=O)=O)sc1-c1nccn1C. The van der Waals surface area contributed by atoms with E-state index in [1.54, 1.807) is 30.5 Å². The molecule has 0 bridgehead atoms. The second-order valence-electron chi connectivity index (χ2n) is 6.00. The number of aromatic nitrogens is 3. The van der Waals surface area contributed by atoms with Gasteiger partial charge in [-0.2, -0.15) is 0 Å². The van der Waals surface area contributed by atoms with Crippen LogP contribution in [0.15, 0.2) is 36.7 Å². The normalized spacial score (nSPS) is 11.4. The van der Waals surface area contributed by atoms with Crippen LogP contribution in [0, 0.1) is 6.92 Å². The van der Waals surface area contributed by atoms with Crippen molar-refractivity contribution in [1.82, 2.24) is 14.5 Å². The Morgan fingerprint density at radius 2 is 2.00 bits per heavy atom. The first-order chi connectivity index (χ1) is 12.7. The Kier molecular flexibility index (Phi) is 5.03. The van der Waals surface area contributed by atoms with E-state index in [0.717, 1.165) is 27.0 Å². The number of anilines is 2. The van der Waals surface area contributed by atoms with Gasteiger partial charge in [0.15, 0.2) is 11.0 Å². The zero-order valence-corrected chi connectivity index (χ0v) is 16.9. The summed E-state index contributed by atoms with van der Waals surface area (Å²) in [7, 11) is -0.196. The number of thiazole rings is 1. The summed E-state index contributed by atoms with van der Waals surface area (Å²) in [4.78, 5) is 22.3. The Labute approximate surface area is 161 Å². The van der Waals surface area contributed by atoms with Crippen molar-refractivity contribution >= 4 is 38.1 Å². The van der Waals surface area contributed by atoms with Crippen molar-refractivity contribution < 1.29 is 13.2 Å². The maximum atomic E-state index is 12.8. The van der Waals surface area contributed by atoms with Gasteiger partial charge in [-0.1, -0.05) is 23.5 Å². The summed E-state index contributed by atoms with van der Waals surface area (Å²) < 4.78 is 26.7. The van der Waals surface area contributed by atoms with Crippen molar-refractivity contribution in [2.24, 2.45) is 7.05 Å². The minimum atomic E-state index is -3.49. The Hall–Kier alpha value is -2.72. The summed E-state index contributed by atoms with van der Waals surface area (Å²) in [5.41, 5.74) is 1.30. The predicted molar refractivity (Wildman–Crippen MR) is 107 cm³/mol. The van der Waals surface area contributed by atoms with Crippen molar-refractivity contribution in [3.05, 3.63) is 47.9 Å². The quantitative estimate of drug-likeness (QED) is 0.703. The molecule has 0 saturated heterocycles. The van der Waals surface area contributed by atoms with Gasteiger partial charge < -0.3 is 4.57 Å². The van der Waals surface area contributed by atoms with E-state index in [-0.39, 0.29) is 5.56 Å². The van der Waals surface area contributed by atoms with E-state index in [9.17, 15) is 13.2 Å². The van der Waals surface area contributed by atoms with Gasteiger partial charge in [0.2, 0.25) is 10.0 Å². The number of amides is 1. The summed E-state index contributed by atoms with van der Waals surface area (Å²) in [5, 5.41) is 3.18. The Bertz CT molecular complexity index is 1100. The van der Waals surface area contributed by atoms with E-state index in [0.29, 0.717) is 10.8 Å². The van der Waals surface area contributed by atoms with Gasteiger partial charge in [-0.25, -0.2) is 18.4 Å². The molecule has 0 aliphatic heterocycles. The van der Waals surface area contributed by atoms with E-state index < -0.39 is 15.9 Å². The highest BCUT2D eigenvalue weighted by molar-refractivity contribution is 7.92.